The topological polar surface area (TPSA) is 158 Å². The van der Waals surface area contributed by atoms with Gasteiger partial charge in [-0.1, -0.05) is 99.1 Å². The third kappa shape index (κ3) is 15.2. The second-order valence-electron chi connectivity index (χ2n) is 17.8. The normalized spacial score (nSPS) is 18.7. The highest BCUT2D eigenvalue weighted by Crippen LogP contribution is 2.31. The van der Waals surface area contributed by atoms with Crippen LogP contribution in [0, 0.1) is 29.6 Å². The monoisotopic (exact) mass is 830 g/mol. The van der Waals surface area contributed by atoms with Gasteiger partial charge in [0, 0.05) is 52.6 Å². The summed E-state index contributed by atoms with van der Waals surface area (Å²) in [7, 11) is 6.83. The van der Waals surface area contributed by atoms with E-state index in [1.165, 1.54) is 7.11 Å². The van der Waals surface area contributed by atoms with E-state index in [1.54, 1.807) is 30.9 Å². The smallest absolute Gasteiger partial charge is 0.326 e. The van der Waals surface area contributed by atoms with Gasteiger partial charge in [-0.15, -0.1) is 0 Å². The second-order valence-corrected chi connectivity index (χ2v) is 17.8. The van der Waals surface area contributed by atoms with E-state index in [2.05, 4.69) is 57.1 Å². The highest BCUT2D eigenvalue weighted by Gasteiger charge is 2.43. The zero-order chi connectivity index (χ0) is 44.6. The number of nitrogens with one attached hydrogen (secondary N) is 2. The average Bonchev–Trinajstić information content (AvgIpc) is 3.67. The van der Waals surface area contributed by atoms with E-state index < -0.39 is 54.0 Å². The molecule has 0 radical (unpaired) electrons. The quantitative estimate of drug-likeness (QED) is 0.0996. The Morgan fingerprint density at radius 2 is 1.56 bits per heavy atom. The van der Waals surface area contributed by atoms with Crippen molar-refractivity contribution in [2.24, 2.45) is 29.6 Å². The lowest BCUT2D eigenvalue weighted by Gasteiger charge is -2.41. The van der Waals surface area contributed by atoms with Crippen molar-refractivity contribution in [1.82, 2.24) is 25.3 Å². The van der Waals surface area contributed by atoms with Crippen LogP contribution in [0.4, 0.5) is 0 Å². The number of amides is 3. The summed E-state index contributed by atoms with van der Waals surface area (Å²) in [5.41, 5.74) is 0.789. The second kappa shape index (κ2) is 25.4. The Morgan fingerprint density at radius 1 is 0.915 bits per heavy atom. The molecule has 13 nitrogen and oxygen atoms in total. The van der Waals surface area contributed by atoms with Crippen molar-refractivity contribution in [1.29, 1.82) is 0 Å². The van der Waals surface area contributed by atoms with Crippen molar-refractivity contribution in [3.63, 3.8) is 0 Å². The average molecular weight is 830 g/mol. The third-order valence-electron chi connectivity index (χ3n) is 12.4. The number of Topliss-reactive ketones (excluding diaryl/α,β-unsaturated/α-hetero) is 1. The molecule has 0 saturated carbocycles. The molecule has 1 saturated heterocycles. The number of carboxylic acids is 1. The largest absolute Gasteiger partial charge is 0.480 e. The summed E-state index contributed by atoms with van der Waals surface area (Å²) >= 11 is 0. The van der Waals surface area contributed by atoms with Crippen LogP contribution in [-0.2, 0) is 39.9 Å². The summed E-state index contributed by atoms with van der Waals surface area (Å²) < 4.78 is 12.0. The van der Waals surface area contributed by atoms with Gasteiger partial charge in [0.1, 0.15) is 6.04 Å². The zero-order valence-electron chi connectivity index (χ0n) is 38.5. The maximum Gasteiger partial charge on any atom is 0.326 e. The molecule has 0 aromatic heterocycles. The molecule has 3 N–H and O–H groups in total. The van der Waals surface area contributed by atoms with E-state index in [9.17, 15) is 29.1 Å². The highest BCUT2D eigenvalue weighted by atomic mass is 16.5. The number of benzene rings is 1. The molecule has 1 aliphatic rings. The molecule has 0 spiro atoms. The molecule has 0 bridgehead atoms. The number of methoxy groups -OCH3 is 2. The number of hydrogen-bond acceptors (Lipinski definition) is 9. The predicted molar refractivity (Wildman–Crippen MR) is 233 cm³/mol. The predicted octanol–water partition coefficient (Wildman–Crippen LogP) is 5.29. The molecule has 13 heteroatoms. The number of likely N-dealkylation sites (N-methyl/N-ethyl adjacent to an activating group) is 2. The van der Waals surface area contributed by atoms with Crippen molar-refractivity contribution in [3.05, 3.63) is 35.9 Å². The van der Waals surface area contributed by atoms with Gasteiger partial charge < -0.3 is 35.0 Å². The Kier molecular flexibility index (Phi) is 22.3. The molecule has 3 amide bonds. The first-order valence-electron chi connectivity index (χ1n) is 22.0. The Bertz CT molecular complexity index is 1460. The van der Waals surface area contributed by atoms with Gasteiger partial charge in [0.05, 0.1) is 42.7 Å². The highest BCUT2D eigenvalue weighted by molar-refractivity contribution is 5.90. The molecule has 1 heterocycles. The number of ether oxygens (including phenoxy) is 2. The molecule has 336 valence electrons. The molecule has 2 rings (SSSR count). The van der Waals surface area contributed by atoms with E-state index in [0.29, 0.717) is 25.4 Å². The molecule has 1 aromatic carbocycles. The van der Waals surface area contributed by atoms with Gasteiger partial charge >= 0.3 is 5.97 Å². The maximum absolute atomic E-state index is 14.5. The Hall–Kier alpha value is -3.39. The van der Waals surface area contributed by atoms with Gasteiger partial charge in [-0.05, 0) is 62.7 Å². The maximum atomic E-state index is 14.5. The van der Waals surface area contributed by atoms with Crippen LogP contribution >= 0.6 is 0 Å². The van der Waals surface area contributed by atoms with E-state index in [-0.39, 0.29) is 60.7 Å². The number of hydrogen-bond donors (Lipinski definition) is 3. The third-order valence-corrected chi connectivity index (χ3v) is 12.4. The van der Waals surface area contributed by atoms with Crippen molar-refractivity contribution >= 4 is 29.5 Å². The Labute approximate surface area is 355 Å². The molecule has 9 atom stereocenters. The standard InChI is InChI=1S/C46H79N5O8/c1-14-32(8)42(50(11)45(55)35(29(2)3)27-38(52)41(30(4)5)49(10)24-19-23-47-31(6)7)39(58-12)28-40(53)51-25-18-22-37(51)43(59-13)33(9)44(54)48-36(46(56)57)26-34-20-16-15-17-21-34/h15-17,20-21,29-33,35-37,39,41-43,47H,14,18-19,22-28H2,1-13H3,(H,48,54)(H,56,57)/t32-,33+,35-,36-,37-,39+,41-,42-,43+/m0/s1. The van der Waals surface area contributed by atoms with Gasteiger partial charge in [-0.3, -0.25) is 24.1 Å². The minimum absolute atomic E-state index is 0.00592. The van der Waals surface area contributed by atoms with Crippen LogP contribution in [0.2, 0.25) is 0 Å². The number of ketones is 1. The van der Waals surface area contributed by atoms with Crippen LogP contribution in [0.5, 0.6) is 0 Å². The summed E-state index contributed by atoms with van der Waals surface area (Å²) in [6, 6.07) is 7.22. The Balaban J connectivity index is 2.26. The van der Waals surface area contributed by atoms with Gasteiger partial charge in [0.25, 0.3) is 0 Å². The summed E-state index contributed by atoms with van der Waals surface area (Å²) in [6.07, 6.45) is 1.92. The summed E-state index contributed by atoms with van der Waals surface area (Å²) in [5.74, 6) is -3.18. The molecule has 1 fully saturated rings. The van der Waals surface area contributed by atoms with Gasteiger partial charge in [-0.25, -0.2) is 4.79 Å². The fraction of sp³-hybridized carbons (Fsp3) is 0.761. The first kappa shape index (κ1) is 51.8. The minimum Gasteiger partial charge on any atom is -0.480 e. The van der Waals surface area contributed by atoms with Crippen LogP contribution in [0.1, 0.15) is 106 Å². The number of nitrogens with zero attached hydrogens (tertiary/aromatic N) is 3. The molecular weight excluding hydrogens is 751 g/mol. The van der Waals surface area contributed by atoms with Crippen molar-refractivity contribution in [2.45, 2.75) is 150 Å². The van der Waals surface area contributed by atoms with Crippen molar-refractivity contribution in [2.75, 3.05) is 47.9 Å². The fourth-order valence-corrected chi connectivity index (χ4v) is 8.85. The van der Waals surface area contributed by atoms with Crippen molar-refractivity contribution in [3.8, 4) is 0 Å². The van der Waals surface area contributed by atoms with Crippen LogP contribution in [-0.4, -0.2) is 140 Å². The minimum atomic E-state index is -1.13. The number of aliphatic carboxylic acids is 1. The van der Waals surface area contributed by atoms with Crippen LogP contribution in [0.3, 0.4) is 0 Å². The SMILES string of the molecule is CC[C@H](C)[C@@H]([C@@H](CC(=O)N1CCC[C@H]1[C@H](OC)[C@@H](C)C(=O)N[C@@H](Cc1ccccc1)C(=O)O)OC)N(C)C(=O)[C@@H](CC(=O)[C@H](C(C)C)N(C)CCCNC(C)C)C(C)C. The van der Waals surface area contributed by atoms with E-state index in [1.807, 2.05) is 51.2 Å². The van der Waals surface area contributed by atoms with E-state index in [0.717, 1.165) is 31.5 Å². The summed E-state index contributed by atoms with van der Waals surface area (Å²) in [6.45, 7) is 20.2. The first-order chi connectivity index (χ1) is 27.8. The molecule has 0 aliphatic carbocycles. The number of likely N-dealkylation sites (tertiary alicyclic amines) is 1. The first-order valence-corrected chi connectivity index (χ1v) is 22.0. The van der Waals surface area contributed by atoms with E-state index in [4.69, 9.17) is 9.47 Å². The van der Waals surface area contributed by atoms with Crippen molar-refractivity contribution < 1.29 is 38.6 Å². The summed E-state index contributed by atoms with van der Waals surface area (Å²) in [5, 5.41) is 16.1. The van der Waals surface area contributed by atoms with E-state index >= 15 is 0 Å². The lowest BCUT2D eigenvalue weighted by molar-refractivity contribution is -0.149. The molecule has 59 heavy (non-hydrogen) atoms. The lowest BCUT2D eigenvalue weighted by atomic mass is 9.83. The van der Waals surface area contributed by atoms with Crippen LogP contribution in [0.25, 0.3) is 0 Å². The summed E-state index contributed by atoms with van der Waals surface area (Å²) in [4.78, 5) is 74.2. The molecule has 1 aliphatic heterocycles. The zero-order valence-corrected chi connectivity index (χ0v) is 38.5. The van der Waals surface area contributed by atoms with Crippen LogP contribution in [0.15, 0.2) is 30.3 Å². The van der Waals surface area contributed by atoms with Gasteiger partial charge in [0.2, 0.25) is 17.7 Å². The number of carbonyl (C=O) groups excluding carboxylic acids is 4. The molecular formula is C46H79N5O8. The van der Waals surface area contributed by atoms with Crippen LogP contribution < -0.4 is 10.6 Å². The number of carbonyl (C=O) groups is 5. The van der Waals surface area contributed by atoms with Gasteiger partial charge in [0.15, 0.2) is 5.78 Å². The lowest BCUT2D eigenvalue weighted by Crippen LogP contribution is -2.55. The Morgan fingerprint density at radius 3 is 2.08 bits per heavy atom. The number of rotatable bonds is 27. The number of carboxylic acid groups (broad SMARTS) is 1. The fourth-order valence-electron chi connectivity index (χ4n) is 8.85. The van der Waals surface area contributed by atoms with Gasteiger partial charge in [-0.2, -0.15) is 0 Å². The molecule has 0 unspecified atom stereocenters. The molecule has 1 aromatic rings.